The van der Waals surface area contributed by atoms with Crippen LogP contribution in [0.1, 0.15) is 25.3 Å². The predicted octanol–water partition coefficient (Wildman–Crippen LogP) is 3.76. The largest absolute Gasteiger partial charge is 0.494 e. The molecule has 28 heavy (non-hydrogen) atoms. The summed E-state index contributed by atoms with van der Waals surface area (Å²) < 4.78 is 11.3. The van der Waals surface area contributed by atoms with Crippen LogP contribution in [0, 0.1) is 5.92 Å². The summed E-state index contributed by atoms with van der Waals surface area (Å²) in [5.74, 6) is 0.999. The van der Waals surface area contributed by atoms with Gasteiger partial charge in [-0.3, -0.25) is 4.79 Å². The van der Waals surface area contributed by atoms with Gasteiger partial charge in [0.25, 0.3) is 6.01 Å². The van der Waals surface area contributed by atoms with Gasteiger partial charge in [-0.2, -0.15) is 4.98 Å². The zero-order valence-corrected chi connectivity index (χ0v) is 16.1. The molecular formula is C22H25N3O3. The lowest BCUT2D eigenvalue weighted by molar-refractivity contribution is -0.125. The standard InChI is InChI=1S/C22H25N3O3/c1-2-27-18-9-7-16(8-10-18)15-23-21(26)17-11-13-25(14-12-17)22-24-19-5-3-4-6-20(19)28-22/h3-10,17H,2,11-15H2,1H3,(H,23,26). The minimum Gasteiger partial charge on any atom is -0.494 e. The first-order chi connectivity index (χ1) is 13.7. The molecule has 0 bridgehead atoms. The summed E-state index contributed by atoms with van der Waals surface area (Å²) in [5, 5.41) is 3.06. The molecule has 0 spiro atoms. The van der Waals surface area contributed by atoms with Crippen LogP contribution in [0.4, 0.5) is 6.01 Å². The molecular weight excluding hydrogens is 354 g/mol. The summed E-state index contributed by atoms with van der Waals surface area (Å²) >= 11 is 0. The molecule has 0 radical (unpaired) electrons. The molecule has 2 aromatic carbocycles. The van der Waals surface area contributed by atoms with Gasteiger partial charge < -0.3 is 19.4 Å². The lowest BCUT2D eigenvalue weighted by Gasteiger charge is -2.30. The Bertz CT molecular complexity index is 895. The van der Waals surface area contributed by atoms with E-state index in [0.29, 0.717) is 19.2 Å². The van der Waals surface area contributed by atoms with Gasteiger partial charge in [-0.25, -0.2) is 0 Å². The van der Waals surface area contributed by atoms with Crippen LogP contribution in [0.3, 0.4) is 0 Å². The Hall–Kier alpha value is -3.02. The second kappa shape index (κ2) is 8.33. The SMILES string of the molecule is CCOc1ccc(CNC(=O)C2CCN(c3nc4ccccc4o3)CC2)cc1. The summed E-state index contributed by atoms with van der Waals surface area (Å²) in [6.45, 7) is 4.69. The molecule has 6 nitrogen and oxygen atoms in total. The molecule has 146 valence electrons. The van der Waals surface area contributed by atoms with E-state index >= 15 is 0 Å². The predicted molar refractivity (Wildman–Crippen MR) is 108 cm³/mol. The maximum Gasteiger partial charge on any atom is 0.298 e. The van der Waals surface area contributed by atoms with Crippen molar-refractivity contribution in [1.29, 1.82) is 0 Å². The van der Waals surface area contributed by atoms with Crippen molar-refractivity contribution in [3.8, 4) is 5.75 Å². The first kappa shape index (κ1) is 18.3. The molecule has 0 unspecified atom stereocenters. The van der Waals surface area contributed by atoms with Gasteiger partial charge in [0.1, 0.15) is 11.3 Å². The van der Waals surface area contributed by atoms with Gasteiger partial charge in [-0.15, -0.1) is 0 Å². The van der Waals surface area contributed by atoms with Crippen LogP contribution in [-0.2, 0) is 11.3 Å². The van der Waals surface area contributed by atoms with Crippen LogP contribution in [-0.4, -0.2) is 30.6 Å². The quantitative estimate of drug-likeness (QED) is 0.706. The molecule has 0 saturated carbocycles. The first-order valence-corrected chi connectivity index (χ1v) is 9.83. The Morgan fingerprint density at radius 3 is 2.64 bits per heavy atom. The number of rotatable bonds is 6. The fourth-order valence-corrected chi connectivity index (χ4v) is 3.53. The van der Waals surface area contributed by atoms with Crippen molar-refractivity contribution < 1.29 is 13.9 Å². The van der Waals surface area contributed by atoms with E-state index in [2.05, 4.69) is 15.2 Å². The lowest BCUT2D eigenvalue weighted by atomic mass is 9.96. The number of carbonyl (C=O) groups is 1. The molecule has 1 amide bonds. The van der Waals surface area contributed by atoms with Crippen LogP contribution < -0.4 is 15.0 Å². The third kappa shape index (κ3) is 4.11. The molecule has 1 aliphatic heterocycles. The first-order valence-electron chi connectivity index (χ1n) is 9.83. The van der Waals surface area contributed by atoms with E-state index in [1.165, 1.54) is 0 Å². The van der Waals surface area contributed by atoms with Crippen molar-refractivity contribution in [2.75, 3.05) is 24.6 Å². The zero-order valence-electron chi connectivity index (χ0n) is 16.1. The highest BCUT2D eigenvalue weighted by Gasteiger charge is 2.27. The number of aromatic nitrogens is 1. The number of carbonyl (C=O) groups excluding carboxylic acids is 1. The van der Waals surface area contributed by atoms with E-state index in [9.17, 15) is 4.79 Å². The summed E-state index contributed by atoms with van der Waals surface area (Å²) in [7, 11) is 0. The third-order valence-electron chi connectivity index (χ3n) is 5.12. The average Bonchev–Trinajstić information content (AvgIpc) is 3.18. The molecule has 1 saturated heterocycles. The maximum atomic E-state index is 12.5. The van der Waals surface area contributed by atoms with Crippen molar-refractivity contribution in [1.82, 2.24) is 10.3 Å². The Kier molecular flexibility index (Phi) is 5.46. The van der Waals surface area contributed by atoms with Crippen LogP contribution in [0.15, 0.2) is 52.9 Å². The van der Waals surface area contributed by atoms with Crippen LogP contribution in [0.25, 0.3) is 11.1 Å². The Balaban J connectivity index is 1.27. The van der Waals surface area contributed by atoms with Crippen molar-refractivity contribution in [2.24, 2.45) is 5.92 Å². The number of para-hydroxylation sites is 2. The number of amides is 1. The van der Waals surface area contributed by atoms with E-state index in [1.54, 1.807) is 0 Å². The topological polar surface area (TPSA) is 67.6 Å². The monoisotopic (exact) mass is 379 g/mol. The van der Waals surface area contributed by atoms with Gasteiger partial charge in [-0.1, -0.05) is 24.3 Å². The Morgan fingerprint density at radius 2 is 1.93 bits per heavy atom. The van der Waals surface area contributed by atoms with E-state index in [1.807, 2.05) is 55.5 Å². The molecule has 1 N–H and O–H groups in total. The molecule has 2 heterocycles. The third-order valence-corrected chi connectivity index (χ3v) is 5.12. The second-order valence-corrected chi connectivity index (χ2v) is 7.02. The Labute approximate surface area is 164 Å². The molecule has 6 heteroatoms. The van der Waals surface area contributed by atoms with E-state index in [4.69, 9.17) is 9.15 Å². The number of benzene rings is 2. The zero-order chi connectivity index (χ0) is 19.3. The summed E-state index contributed by atoms with van der Waals surface area (Å²) in [6.07, 6.45) is 1.60. The van der Waals surface area contributed by atoms with Gasteiger partial charge >= 0.3 is 0 Å². The number of oxazole rings is 1. The van der Waals surface area contributed by atoms with E-state index in [0.717, 1.165) is 48.3 Å². The van der Waals surface area contributed by atoms with Crippen molar-refractivity contribution >= 4 is 23.0 Å². The summed E-state index contributed by atoms with van der Waals surface area (Å²) in [4.78, 5) is 19.2. The average molecular weight is 379 g/mol. The van der Waals surface area contributed by atoms with Crippen molar-refractivity contribution in [3.05, 3.63) is 54.1 Å². The minimum absolute atomic E-state index is 0.0309. The number of piperidine rings is 1. The van der Waals surface area contributed by atoms with Gasteiger partial charge in [0.05, 0.1) is 6.61 Å². The maximum absolute atomic E-state index is 12.5. The normalized spacial score (nSPS) is 15.0. The fraction of sp³-hybridized carbons (Fsp3) is 0.364. The molecule has 0 aliphatic carbocycles. The molecule has 1 fully saturated rings. The number of hydrogen-bond acceptors (Lipinski definition) is 5. The highest BCUT2D eigenvalue weighted by molar-refractivity contribution is 5.79. The fourth-order valence-electron chi connectivity index (χ4n) is 3.53. The number of hydrogen-bond donors (Lipinski definition) is 1. The molecule has 3 aromatic rings. The van der Waals surface area contributed by atoms with Crippen LogP contribution in [0.2, 0.25) is 0 Å². The smallest absolute Gasteiger partial charge is 0.298 e. The second-order valence-electron chi connectivity index (χ2n) is 7.02. The number of nitrogens with one attached hydrogen (secondary N) is 1. The van der Waals surface area contributed by atoms with E-state index < -0.39 is 0 Å². The molecule has 0 atom stereocenters. The molecule has 1 aliphatic rings. The number of anilines is 1. The molecule has 4 rings (SSSR count). The highest BCUT2D eigenvalue weighted by atomic mass is 16.5. The minimum atomic E-state index is 0.0309. The van der Waals surface area contributed by atoms with Gasteiger partial charge in [0.15, 0.2) is 5.58 Å². The van der Waals surface area contributed by atoms with Crippen LogP contribution >= 0.6 is 0 Å². The highest BCUT2D eigenvalue weighted by Crippen LogP contribution is 2.26. The summed E-state index contributed by atoms with van der Waals surface area (Å²) in [5.41, 5.74) is 2.74. The van der Waals surface area contributed by atoms with Crippen LogP contribution in [0.5, 0.6) is 5.75 Å². The Morgan fingerprint density at radius 1 is 1.18 bits per heavy atom. The lowest BCUT2D eigenvalue weighted by Crippen LogP contribution is -2.40. The van der Waals surface area contributed by atoms with Gasteiger partial charge in [0, 0.05) is 25.6 Å². The number of nitrogens with zero attached hydrogens (tertiary/aromatic N) is 2. The number of fused-ring (bicyclic) bond motifs is 1. The van der Waals surface area contributed by atoms with Crippen molar-refractivity contribution in [3.63, 3.8) is 0 Å². The molecule has 1 aromatic heterocycles. The van der Waals surface area contributed by atoms with Gasteiger partial charge in [-0.05, 0) is 49.6 Å². The van der Waals surface area contributed by atoms with E-state index in [-0.39, 0.29) is 11.8 Å². The number of ether oxygens (including phenoxy) is 1. The van der Waals surface area contributed by atoms with Crippen molar-refractivity contribution in [2.45, 2.75) is 26.3 Å². The summed E-state index contributed by atoms with van der Waals surface area (Å²) in [6, 6.07) is 16.3. The van der Waals surface area contributed by atoms with Gasteiger partial charge in [0.2, 0.25) is 5.91 Å².